The number of carbonyl (C=O) groups is 3. The third-order valence-corrected chi connectivity index (χ3v) is 9.37. The Kier molecular flexibility index (Phi) is 6.80. The molecule has 2 fully saturated rings. The molecule has 10 nitrogen and oxygen atoms in total. The Morgan fingerprint density at radius 2 is 1.73 bits per heavy atom. The summed E-state index contributed by atoms with van der Waals surface area (Å²) in [6.07, 6.45) is -1.60. The highest BCUT2D eigenvalue weighted by Crippen LogP contribution is 2.66. The van der Waals surface area contributed by atoms with Crippen LogP contribution in [-0.4, -0.2) is 41.8 Å². The molecule has 41 heavy (non-hydrogen) atoms. The number of hydrogen-bond acceptors (Lipinski definition) is 10. The molecule has 1 aromatic heterocycles. The average Bonchev–Trinajstić information content (AvgIpc) is 3.18. The highest BCUT2D eigenvalue weighted by atomic mass is 16.6. The number of hydrogen-bond donors (Lipinski definition) is 0. The summed E-state index contributed by atoms with van der Waals surface area (Å²) in [4.78, 5) is 53.2. The Bertz CT molecular complexity index is 1480. The first-order valence-electron chi connectivity index (χ1n) is 14.1. The highest BCUT2D eigenvalue weighted by molar-refractivity contribution is 5.94. The van der Waals surface area contributed by atoms with Gasteiger partial charge in [0, 0.05) is 18.1 Å². The van der Waals surface area contributed by atoms with E-state index in [0.717, 1.165) is 0 Å². The summed E-state index contributed by atoms with van der Waals surface area (Å²) in [6.45, 7) is 14.6. The largest absolute Gasteiger partial charge is 0.483 e. The van der Waals surface area contributed by atoms with Crippen LogP contribution in [0.25, 0.3) is 11.0 Å². The molecule has 1 saturated heterocycles. The van der Waals surface area contributed by atoms with Crippen molar-refractivity contribution >= 4 is 28.9 Å². The van der Waals surface area contributed by atoms with Gasteiger partial charge in [-0.2, -0.15) is 0 Å². The van der Waals surface area contributed by atoms with Gasteiger partial charge in [0.1, 0.15) is 29.3 Å². The molecule has 4 atom stereocenters. The fraction of sp³-hybridized carbons (Fsp3) is 0.613. The number of rotatable bonds is 7. The second-order valence-corrected chi connectivity index (χ2v) is 12.8. The maximum atomic E-state index is 14.2. The van der Waals surface area contributed by atoms with Crippen molar-refractivity contribution in [3.8, 4) is 5.75 Å². The first kappa shape index (κ1) is 29.1. The van der Waals surface area contributed by atoms with Crippen molar-refractivity contribution in [1.82, 2.24) is 0 Å². The van der Waals surface area contributed by atoms with Crippen LogP contribution in [0.5, 0.6) is 5.75 Å². The maximum Gasteiger partial charge on any atom is 0.351 e. The number of ether oxygens (including phenoxy) is 5. The predicted molar refractivity (Wildman–Crippen MR) is 146 cm³/mol. The zero-order chi connectivity index (χ0) is 30.1. The number of benzene rings is 1. The van der Waals surface area contributed by atoms with Crippen molar-refractivity contribution in [3.63, 3.8) is 0 Å². The molecular formula is C31H38O10. The third-order valence-electron chi connectivity index (χ3n) is 9.37. The molecule has 0 unspecified atom stereocenters. The number of carbonyl (C=O) groups excluding carboxylic acids is 3. The molecule has 10 heteroatoms. The molecule has 0 radical (unpaired) electrons. The van der Waals surface area contributed by atoms with Crippen LogP contribution in [0.4, 0.5) is 0 Å². The highest BCUT2D eigenvalue weighted by Gasteiger charge is 2.77. The first-order valence-corrected chi connectivity index (χ1v) is 14.1. The monoisotopic (exact) mass is 570 g/mol. The van der Waals surface area contributed by atoms with Crippen molar-refractivity contribution in [2.75, 3.05) is 6.61 Å². The summed E-state index contributed by atoms with van der Waals surface area (Å²) in [5.74, 6) is -1.60. The van der Waals surface area contributed by atoms with Gasteiger partial charge in [0.2, 0.25) is 5.60 Å². The Morgan fingerprint density at radius 1 is 1.02 bits per heavy atom. The normalized spacial score (nSPS) is 29.1. The van der Waals surface area contributed by atoms with Gasteiger partial charge in [0.25, 0.3) is 0 Å². The van der Waals surface area contributed by atoms with E-state index in [1.54, 1.807) is 46.8 Å². The van der Waals surface area contributed by atoms with Gasteiger partial charge in [-0.05, 0) is 52.7 Å². The van der Waals surface area contributed by atoms with Crippen LogP contribution >= 0.6 is 0 Å². The molecule has 0 spiro atoms. The van der Waals surface area contributed by atoms with Gasteiger partial charge in [0.15, 0.2) is 17.6 Å². The molecule has 5 rings (SSSR count). The molecule has 2 bridgehead atoms. The lowest BCUT2D eigenvalue weighted by molar-refractivity contribution is -0.208. The van der Waals surface area contributed by atoms with Crippen LogP contribution in [0.3, 0.4) is 0 Å². The van der Waals surface area contributed by atoms with E-state index in [4.69, 9.17) is 28.1 Å². The molecule has 0 amide bonds. The standard InChI is InChI=1S/C31H38O10/c1-9-36-15-17-14-19(32)18-10-11-20-21(22(18)37-17)23(24(28(4,5)40-20)39-25(33)16(2)3)38-27(35)31-13-12-30(8,26(34)41-31)29(31,6)7/h10-11,14,16,23-24H,9,12-13,15H2,1-8H3/t23-,24-,30+,31-/m1/s1. The summed E-state index contributed by atoms with van der Waals surface area (Å²) < 4.78 is 36.0. The molecule has 3 aliphatic rings. The smallest absolute Gasteiger partial charge is 0.351 e. The maximum absolute atomic E-state index is 14.2. The zero-order valence-corrected chi connectivity index (χ0v) is 24.9. The molecule has 0 N–H and O–H groups in total. The lowest BCUT2D eigenvalue weighted by atomic mass is 9.66. The second-order valence-electron chi connectivity index (χ2n) is 12.8. The van der Waals surface area contributed by atoms with Crippen LogP contribution in [0, 0.1) is 16.7 Å². The molecule has 222 valence electrons. The minimum absolute atomic E-state index is 0.0553. The van der Waals surface area contributed by atoms with Gasteiger partial charge in [0.05, 0.1) is 22.3 Å². The molecule has 3 heterocycles. The van der Waals surface area contributed by atoms with E-state index in [-0.39, 0.29) is 34.3 Å². The van der Waals surface area contributed by atoms with Crippen molar-refractivity contribution in [1.29, 1.82) is 0 Å². The van der Waals surface area contributed by atoms with Crippen LogP contribution < -0.4 is 10.2 Å². The zero-order valence-electron chi connectivity index (χ0n) is 24.9. The molecule has 1 saturated carbocycles. The summed E-state index contributed by atoms with van der Waals surface area (Å²) in [5.41, 5.74) is -4.31. The molecular weight excluding hydrogens is 532 g/mol. The van der Waals surface area contributed by atoms with Gasteiger partial charge in [-0.25, -0.2) is 4.79 Å². The van der Waals surface area contributed by atoms with E-state index in [0.29, 0.717) is 25.2 Å². The summed E-state index contributed by atoms with van der Waals surface area (Å²) >= 11 is 0. The van der Waals surface area contributed by atoms with E-state index in [2.05, 4.69) is 0 Å². The predicted octanol–water partition coefficient (Wildman–Crippen LogP) is 4.77. The van der Waals surface area contributed by atoms with Gasteiger partial charge in [-0.15, -0.1) is 0 Å². The van der Waals surface area contributed by atoms with Gasteiger partial charge in [-0.3, -0.25) is 14.4 Å². The second kappa shape index (κ2) is 9.58. The number of esters is 3. The van der Waals surface area contributed by atoms with E-state index < -0.39 is 58.1 Å². The number of fused-ring (bicyclic) bond motifs is 5. The molecule has 2 aromatic rings. The average molecular weight is 571 g/mol. The van der Waals surface area contributed by atoms with E-state index in [9.17, 15) is 19.2 Å². The van der Waals surface area contributed by atoms with E-state index >= 15 is 0 Å². The fourth-order valence-electron chi connectivity index (χ4n) is 6.26. The molecule has 2 aliphatic heterocycles. The Balaban J connectivity index is 1.69. The van der Waals surface area contributed by atoms with Gasteiger partial charge in [-0.1, -0.05) is 27.7 Å². The minimum Gasteiger partial charge on any atom is -0.483 e. The third kappa shape index (κ3) is 4.16. The van der Waals surface area contributed by atoms with Crippen molar-refractivity contribution in [2.45, 2.75) is 98.2 Å². The summed E-state index contributed by atoms with van der Waals surface area (Å²) in [6, 6.07) is 4.56. The topological polar surface area (TPSA) is 128 Å². The van der Waals surface area contributed by atoms with Crippen LogP contribution in [0.1, 0.15) is 85.7 Å². The van der Waals surface area contributed by atoms with Gasteiger partial charge >= 0.3 is 17.9 Å². The van der Waals surface area contributed by atoms with E-state index in [1.807, 2.05) is 20.8 Å². The Labute approximate surface area is 238 Å². The van der Waals surface area contributed by atoms with Crippen molar-refractivity contribution in [2.24, 2.45) is 16.7 Å². The lowest BCUT2D eigenvalue weighted by Gasteiger charge is -2.44. The summed E-state index contributed by atoms with van der Waals surface area (Å²) in [7, 11) is 0. The van der Waals surface area contributed by atoms with Crippen molar-refractivity contribution < 1.29 is 42.5 Å². The van der Waals surface area contributed by atoms with Crippen LogP contribution in [0.2, 0.25) is 0 Å². The Hall–Kier alpha value is -3.40. The summed E-state index contributed by atoms with van der Waals surface area (Å²) in [5, 5.41) is 0.238. The lowest BCUT2D eigenvalue weighted by Crippen LogP contribution is -2.55. The van der Waals surface area contributed by atoms with Crippen LogP contribution in [-0.2, 0) is 39.9 Å². The van der Waals surface area contributed by atoms with Gasteiger partial charge < -0.3 is 28.1 Å². The van der Waals surface area contributed by atoms with E-state index in [1.165, 1.54) is 6.07 Å². The van der Waals surface area contributed by atoms with Crippen LogP contribution in [0.15, 0.2) is 27.4 Å². The minimum atomic E-state index is -1.53. The Morgan fingerprint density at radius 3 is 2.32 bits per heavy atom. The fourth-order valence-corrected chi connectivity index (χ4v) is 6.26. The van der Waals surface area contributed by atoms with Crippen molar-refractivity contribution in [3.05, 3.63) is 39.7 Å². The molecule has 1 aliphatic carbocycles. The first-order chi connectivity index (χ1) is 19.1. The SMILES string of the molecule is CCOCc1cc(=O)c2ccc3c(c2o1)[C@@H](OC(=O)[C@@]12CC[C@@](C)(C(=O)O1)C2(C)C)[C@@H](OC(=O)C(C)C)C(C)(C)O3. The quantitative estimate of drug-likeness (QED) is 0.339. The molecule has 1 aromatic carbocycles.